The van der Waals surface area contributed by atoms with E-state index < -0.39 is 0 Å². The molecule has 4 heteroatoms. The lowest BCUT2D eigenvalue weighted by Crippen LogP contribution is -2.33. The molecule has 20 heavy (non-hydrogen) atoms. The van der Waals surface area contributed by atoms with E-state index in [1.54, 1.807) is 0 Å². The van der Waals surface area contributed by atoms with Crippen LogP contribution in [0.2, 0.25) is 0 Å². The van der Waals surface area contributed by atoms with E-state index in [1.165, 1.54) is 11.4 Å². The maximum atomic E-state index is 4.62. The Labute approximate surface area is 124 Å². The summed E-state index contributed by atoms with van der Waals surface area (Å²) >= 11 is 0. The molecule has 1 heterocycles. The largest absolute Gasteiger partial charge is 0.357 e. The first kappa shape index (κ1) is 17.0. The average Bonchev–Trinajstić information content (AvgIpc) is 2.65. The third-order valence-electron chi connectivity index (χ3n) is 3.99. The number of aryl methyl sites for hydroxylation is 2. The summed E-state index contributed by atoms with van der Waals surface area (Å²) in [5, 5.41) is 8.16. The highest BCUT2D eigenvalue weighted by molar-refractivity contribution is 5.50. The van der Waals surface area contributed by atoms with Crippen LogP contribution in [0, 0.1) is 12.8 Å². The second-order valence-electron chi connectivity index (χ2n) is 6.12. The molecule has 0 fully saturated rings. The zero-order valence-electron chi connectivity index (χ0n) is 14.3. The first-order valence-electron chi connectivity index (χ1n) is 7.88. The van der Waals surface area contributed by atoms with Crippen molar-refractivity contribution in [1.82, 2.24) is 15.1 Å². The third kappa shape index (κ3) is 3.98. The molecule has 0 aliphatic carbocycles. The second kappa shape index (κ2) is 7.67. The summed E-state index contributed by atoms with van der Waals surface area (Å²) in [7, 11) is 4.24. The standard InChI is InChI=1S/C16H32N4/c1-8-14(9-2)19(6)16-15(11-17-10-12(3)4)13(5)18-20(16)7/h12,14,17H,8-11H2,1-7H3. The monoisotopic (exact) mass is 280 g/mol. The average molecular weight is 280 g/mol. The van der Waals surface area contributed by atoms with Crippen LogP contribution in [0.25, 0.3) is 0 Å². The fourth-order valence-corrected chi connectivity index (χ4v) is 2.83. The molecule has 0 bridgehead atoms. The molecule has 0 unspecified atom stereocenters. The molecule has 0 atom stereocenters. The van der Waals surface area contributed by atoms with Gasteiger partial charge in [0.1, 0.15) is 5.82 Å². The highest BCUT2D eigenvalue weighted by Crippen LogP contribution is 2.25. The number of anilines is 1. The molecule has 1 aromatic heterocycles. The maximum Gasteiger partial charge on any atom is 0.131 e. The van der Waals surface area contributed by atoms with E-state index in [9.17, 15) is 0 Å². The number of rotatable bonds is 8. The molecule has 0 aromatic carbocycles. The molecule has 4 nitrogen and oxygen atoms in total. The molecule has 0 spiro atoms. The summed E-state index contributed by atoms with van der Waals surface area (Å²) in [6.45, 7) is 13.0. The van der Waals surface area contributed by atoms with E-state index in [1.807, 2.05) is 11.7 Å². The molecule has 116 valence electrons. The Morgan fingerprint density at radius 1 is 1.25 bits per heavy atom. The third-order valence-corrected chi connectivity index (χ3v) is 3.99. The summed E-state index contributed by atoms with van der Waals surface area (Å²) in [4.78, 5) is 2.40. The van der Waals surface area contributed by atoms with Crippen LogP contribution in [0.1, 0.15) is 51.8 Å². The number of hydrogen-bond acceptors (Lipinski definition) is 3. The number of nitrogens with zero attached hydrogens (tertiary/aromatic N) is 3. The predicted octanol–water partition coefficient (Wildman–Crippen LogP) is 3.10. The molecule has 0 radical (unpaired) electrons. The molecule has 1 N–H and O–H groups in total. The van der Waals surface area contributed by atoms with E-state index in [0.29, 0.717) is 12.0 Å². The van der Waals surface area contributed by atoms with Gasteiger partial charge in [0.05, 0.1) is 5.69 Å². The molecule has 0 aliphatic rings. The van der Waals surface area contributed by atoms with Crippen LogP contribution in [0.4, 0.5) is 5.82 Å². The van der Waals surface area contributed by atoms with Crippen molar-refractivity contribution in [3.63, 3.8) is 0 Å². The lowest BCUT2D eigenvalue weighted by Gasteiger charge is -2.29. The van der Waals surface area contributed by atoms with Crippen molar-refractivity contribution in [2.45, 2.75) is 60.0 Å². The van der Waals surface area contributed by atoms with Crippen LogP contribution in [-0.4, -0.2) is 29.4 Å². The molecule has 0 aliphatic heterocycles. The van der Waals surface area contributed by atoms with Crippen molar-refractivity contribution in [2.75, 3.05) is 18.5 Å². The van der Waals surface area contributed by atoms with Gasteiger partial charge in [-0.2, -0.15) is 5.10 Å². The Morgan fingerprint density at radius 2 is 1.85 bits per heavy atom. The Balaban J connectivity index is 2.94. The van der Waals surface area contributed by atoms with Crippen molar-refractivity contribution in [3.05, 3.63) is 11.3 Å². The van der Waals surface area contributed by atoms with Gasteiger partial charge in [-0.3, -0.25) is 4.68 Å². The van der Waals surface area contributed by atoms with Gasteiger partial charge in [-0.25, -0.2) is 0 Å². The van der Waals surface area contributed by atoms with Crippen LogP contribution < -0.4 is 10.2 Å². The second-order valence-corrected chi connectivity index (χ2v) is 6.12. The van der Waals surface area contributed by atoms with Gasteiger partial charge < -0.3 is 10.2 Å². The van der Waals surface area contributed by atoms with Gasteiger partial charge >= 0.3 is 0 Å². The van der Waals surface area contributed by atoms with Crippen molar-refractivity contribution in [2.24, 2.45) is 13.0 Å². The van der Waals surface area contributed by atoms with Gasteiger partial charge in [-0.05, 0) is 32.2 Å². The van der Waals surface area contributed by atoms with E-state index >= 15 is 0 Å². The van der Waals surface area contributed by atoms with Gasteiger partial charge in [0.2, 0.25) is 0 Å². The van der Waals surface area contributed by atoms with Crippen LogP contribution in [0.15, 0.2) is 0 Å². The summed E-state index contributed by atoms with van der Waals surface area (Å²) < 4.78 is 2.03. The summed E-state index contributed by atoms with van der Waals surface area (Å²) in [6, 6.07) is 0.577. The highest BCUT2D eigenvalue weighted by atomic mass is 15.4. The van der Waals surface area contributed by atoms with Crippen LogP contribution in [0.3, 0.4) is 0 Å². The number of aromatic nitrogens is 2. The minimum atomic E-state index is 0.577. The van der Waals surface area contributed by atoms with Crippen LogP contribution in [-0.2, 0) is 13.6 Å². The predicted molar refractivity (Wildman–Crippen MR) is 87.3 cm³/mol. The lowest BCUT2D eigenvalue weighted by molar-refractivity contribution is 0.546. The van der Waals surface area contributed by atoms with Gasteiger partial charge in [-0.1, -0.05) is 27.7 Å². The summed E-state index contributed by atoms with van der Waals surface area (Å²) in [6.07, 6.45) is 2.33. The van der Waals surface area contributed by atoms with Gasteiger partial charge in [0.25, 0.3) is 0 Å². The smallest absolute Gasteiger partial charge is 0.131 e. The fraction of sp³-hybridized carbons (Fsp3) is 0.812. The van der Waals surface area contributed by atoms with E-state index in [0.717, 1.165) is 31.6 Å². The minimum Gasteiger partial charge on any atom is -0.357 e. The number of hydrogen-bond donors (Lipinski definition) is 1. The van der Waals surface area contributed by atoms with Crippen molar-refractivity contribution in [1.29, 1.82) is 0 Å². The van der Waals surface area contributed by atoms with Crippen molar-refractivity contribution >= 4 is 5.82 Å². The molecule has 0 saturated carbocycles. The quantitative estimate of drug-likeness (QED) is 0.794. The van der Waals surface area contributed by atoms with Crippen LogP contribution in [0.5, 0.6) is 0 Å². The van der Waals surface area contributed by atoms with Crippen molar-refractivity contribution < 1.29 is 0 Å². The van der Waals surface area contributed by atoms with Crippen LogP contribution >= 0.6 is 0 Å². The summed E-state index contributed by atoms with van der Waals surface area (Å²) in [5.41, 5.74) is 2.47. The van der Waals surface area contributed by atoms with E-state index in [4.69, 9.17) is 0 Å². The molecule has 1 aromatic rings. The SMILES string of the molecule is CCC(CC)N(C)c1c(CNCC(C)C)c(C)nn1C. The van der Waals surface area contributed by atoms with Gasteiger partial charge in [0.15, 0.2) is 0 Å². The zero-order chi connectivity index (χ0) is 15.3. The first-order valence-corrected chi connectivity index (χ1v) is 7.88. The molecule has 1 rings (SSSR count). The first-order chi connectivity index (χ1) is 9.42. The Hall–Kier alpha value is -1.03. The highest BCUT2D eigenvalue weighted by Gasteiger charge is 2.20. The number of nitrogens with one attached hydrogen (secondary N) is 1. The molecular weight excluding hydrogens is 248 g/mol. The van der Waals surface area contributed by atoms with Gasteiger partial charge in [-0.15, -0.1) is 0 Å². The maximum absolute atomic E-state index is 4.62. The van der Waals surface area contributed by atoms with E-state index in [2.05, 4.69) is 57.0 Å². The molecular formula is C16H32N4. The topological polar surface area (TPSA) is 33.1 Å². The molecule has 0 saturated heterocycles. The summed E-state index contributed by atoms with van der Waals surface area (Å²) in [5.74, 6) is 1.93. The fourth-order valence-electron chi connectivity index (χ4n) is 2.83. The zero-order valence-corrected chi connectivity index (χ0v) is 14.3. The van der Waals surface area contributed by atoms with Crippen molar-refractivity contribution in [3.8, 4) is 0 Å². The van der Waals surface area contributed by atoms with E-state index in [-0.39, 0.29) is 0 Å². The Bertz CT molecular complexity index is 405. The minimum absolute atomic E-state index is 0.577. The Kier molecular flexibility index (Phi) is 6.53. The Morgan fingerprint density at radius 3 is 2.35 bits per heavy atom. The lowest BCUT2D eigenvalue weighted by atomic mass is 10.1. The normalized spacial score (nSPS) is 11.7. The van der Waals surface area contributed by atoms with Gasteiger partial charge in [0, 0.05) is 32.2 Å². The molecule has 0 amide bonds.